The molecule has 0 aromatic heterocycles. The maximum absolute atomic E-state index is 5.32. The second kappa shape index (κ2) is 14.0. The zero-order valence-electron chi connectivity index (χ0n) is 9.00. The molecule has 0 aromatic rings. The molecule has 0 unspecified atom stereocenters. The number of halogens is 2. The Balaban J connectivity index is 0. The summed E-state index contributed by atoms with van der Waals surface area (Å²) >= 11 is 8.22. The molecule has 6 heteroatoms. The van der Waals surface area contributed by atoms with Crippen molar-refractivity contribution in [2.45, 2.75) is 27.7 Å². The molecule has 0 aliphatic heterocycles. The molecule has 0 aliphatic rings. The predicted molar refractivity (Wildman–Crippen MR) is 54.4 cm³/mol. The van der Waals surface area contributed by atoms with E-state index in [1.807, 2.05) is 0 Å². The maximum atomic E-state index is 5.32. The van der Waals surface area contributed by atoms with E-state index in [9.17, 15) is 0 Å². The van der Waals surface area contributed by atoms with Gasteiger partial charge in [-0.2, -0.15) is 3.84 Å². The summed E-state index contributed by atoms with van der Waals surface area (Å²) in [5.74, 6) is 1.24. The molecule has 0 saturated heterocycles. The first-order valence-corrected chi connectivity index (χ1v) is 6.13. The fourth-order valence-corrected chi connectivity index (χ4v) is 1.63. The van der Waals surface area contributed by atoms with E-state index in [1.54, 1.807) is 0 Å². The van der Waals surface area contributed by atoms with Crippen molar-refractivity contribution in [3.05, 3.63) is 0 Å². The van der Waals surface area contributed by atoms with Gasteiger partial charge in [-0.3, -0.25) is 0 Å². The van der Waals surface area contributed by atoms with Crippen LogP contribution in [0.25, 0.3) is 0 Å². The van der Waals surface area contributed by atoms with Gasteiger partial charge in [0.25, 0.3) is 0 Å². The SMILES string of the molecule is CC(C)C[O][V][O]CC(C)C.ClOCl. The van der Waals surface area contributed by atoms with Gasteiger partial charge in [-0.1, -0.05) is 0 Å². The van der Waals surface area contributed by atoms with Crippen molar-refractivity contribution in [1.29, 1.82) is 0 Å². The minimum absolute atomic E-state index is 0.312. The van der Waals surface area contributed by atoms with E-state index in [4.69, 9.17) is 7.32 Å². The van der Waals surface area contributed by atoms with E-state index in [0.29, 0.717) is 11.8 Å². The molecular formula is C8H18Cl2O3V. The Hall–Kier alpha value is 1.04. The predicted octanol–water partition coefficient (Wildman–Crippen LogP) is 3.55. The van der Waals surface area contributed by atoms with E-state index >= 15 is 0 Å². The summed E-state index contributed by atoms with van der Waals surface area (Å²) < 4.78 is 13.8. The van der Waals surface area contributed by atoms with Crippen molar-refractivity contribution >= 4 is 23.7 Å². The van der Waals surface area contributed by atoms with Crippen LogP contribution in [0.3, 0.4) is 0 Å². The standard InChI is InChI=1S/2C4H9O.Cl2O.V/c2*1-4(2)3-5;1-3-2;/h2*4H,3H2,1-2H3;;/q2*-1;;+2. The minimum Gasteiger partial charge on any atom is -0.166 e. The molecule has 14 heavy (non-hydrogen) atoms. The van der Waals surface area contributed by atoms with Crippen molar-refractivity contribution in [3.8, 4) is 0 Å². The molecular weight excluding hydrogens is 266 g/mol. The van der Waals surface area contributed by atoms with Crippen molar-refractivity contribution in [1.82, 2.24) is 0 Å². The normalized spacial score (nSPS) is 10.0. The molecule has 3 nitrogen and oxygen atoms in total. The third-order valence-electron chi connectivity index (χ3n) is 0.921. The van der Waals surface area contributed by atoms with E-state index in [2.05, 4.69) is 55.3 Å². The van der Waals surface area contributed by atoms with Gasteiger partial charge in [0.05, 0.1) is 23.7 Å². The summed E-state index contributed by atoms with van der Waals surface area (Å²) in [4.78, 5) is 0. The summed E-state index contributed by atoms with van der Waals surface area (Å²) in [6.07, 6.45) is 0. The van der Waals surface area contributed by atoms with E-state index in [1.165, 1.54) is 0 Å². The van der Waals surface area contributed by atoms with Crippen LogP contribution in [0.4, 0.5) is 0 Å². The van der Waals surface area contributed by atoms with Gasteiger partial charge in [0, 0.05) is 0 Å². The average Bonchev–Trinajstić information content (AvgIpc) is 2.04. The first-order chi connectivity index (χ1) is 6.54. The van der Waals surface area contributed by atoms with Gasteiger partial charge in [0.1, 0.15) is 0 Å². The summed E-state index contributed by atoms with van der Waals surface area (Å²) in [7, 11) is 0. The zero-order chi connectivity index (χ0) is 11.4. The zero-order valence-corrected chi connectivity index (χ0v) is 11.9. The summed E-state index contributed by atoms with van der Waals surface area (Å²) in [5, 5.41) is 0. The Morgan fingerprint density at radius 2 is 1.21 bits per heavy atom. The van der Waals surface area contributed by atoms with Crippen molar-refractivity contribution in [2.24, 2.45) is 11.8 Å². The molecule has 0 bridgehead atoms. The van der Waals surface area contributed by atoms with Gasteiger partial charge in [-0.05, 0) is 0 Å². The summed E-state index contributed by atoms with van der Waals surface area (Å²) in [6.45, 7) is 10.2. The van der Waals surface area contributed by atoms with Crippen LogP contribution in [-0.4, -0.2) is 13.2 Å². The van der Waals surface area contributed by atoms with Gasteiger partial charge >= 0.3 is 77.1 Å². The second-order valence-electron chi connectivity index (χ2n) is 3.51. The van der Waals surface area contributed by atoms with E-state index < -0.39 is 0 Å². The number of hydrogen-bond donors (Lipinski definition) is 0. The molecule has 0 radical (unpaired) electrons. The molecule has 0 amide bonds. The molecule has 0 saturated carbocycles. The van der Waals surface area contributed by atoms with Crippen LogP contribution >= 0.6 is 23.7 Å². The molecule has 0 N–H and O–H groups in total. The van der Waals surface area contributed by atoms with Crippen LogP contribution in [0.2, 0.25) is 0 Å². The fraction of sp³-hybridized carbons (Fsp3) is 1.00. The van der Waals surface area contributed by atoms with Gasteiger partial charge < -0.3 is 0 Å². The van der Waals surface area contributed by atoms with Crippen molar-refractivity contribution in [2.75, 3.05) is 13.2 Å². The minimum atomic E-state index is -0.312. The van der Waals surface area contributed by atoms with Gasteiger partial charge in [-0.25, -0.2) is 0 Å². The molecule has 0 heterocycles. The second-order valence-corrected chi connectivity index (χ2v) is 5.02. The van der Waals surface area contributed by atoms with Gasteiger partial charge in [-0.15, -0.1) is 0 Å². The smallest absolute Gasteiger partial charge is 0.0832 e. The Morgan fingerprint density at radius 1 is 0.929 bits per heavy atom. The quantitative estimate of drug-likeness (QED) is 0.698. The molecule has 0 aliphatic carbocycles. The maximum Gasteiger partial charge on any atom is 0.0832 e. The Bertz CT molecular complexity index is 94.6. The van der Waals surface area contributed by atoms with Gasteiger partial charge in [0.15, 0.2) is 0 Å². The first-order valence-electron chi connectivity index (χ1n) is 4.38. The van der Waals surface area contributed by atoms with Crippen LogP contribution in [-0.2, 0) is 28.2 Å². The van der Waals surface area contributed by atoms with E-state index in [-0.39, 0.29) is 17.0 Å². The number of hydrogen-bond acceptors (Lipinski definition) is 3. The third-order valence-corrected chi connectivity index (χ3v) is 1.72. The topological polar surface area (TPSA) is 27.7 Å². The molecule has 0 rings (SSSR count). The average molecular weight is 284 g/mol. The van der Waals surface area contributed by atoms with Crippen molar-refractivity contribution < 1.29 is 28.2 Å². The van der Waals surface area contributed by atoms with Crippen LogP contribution < -0.4 is 0 Å². The molecule has 0 atom stereocenters. The number of rotatable bonds is 6. The Kier molecular flexibility index (Phi) is 17.5. The van der Waals surface area contributed by atoms with Crippen LogP contribution in [0.15, 0.2) is 0 Å². The molecule has 87 valence electrons. The molecule has 0 spiro atoms. The molecule has 0 aromatic carbocycles. The van der Waals surface area contributed by atoms with E-state index in [0.717, 1.165) is 13.2 Å². The summed E-state index contributed by atoms with van der Waals surface area (Å²) in [5.41, 5.74) is 0. The summed E-state index contributed by atoms with van der Waals surface area (Å²) in [6, 6.07) is 0. The Labute approximate surface area is 105 Å². The molecule has 0 fully saturated rings. The largest absolute Gasteiger partial charge is 0.166 e. The Morgan fingerprint density at radius 3 is 1.43 bits per heavy atom. The van der Waals surface area contributed by atoms with Crippen LogP contribution in [0.1, 0.15) is 27.7 Å². The van der Waals surface area contributed by atoms with Crippen LogP contribution in [0, 0.1) is 11.8 Å². The third kappa shape index (κ3) is 23.1. The fourth-order valence-electron chi connectivity index (χ4n) is 0.396. The van der Waals surface area contributed by atoms with Crippen LogP contribution in [0.5, 0.6) is 0 Å². The monoisotopic (exact) mass is 283 g/mol. The first kappa shape index (κ1) is 17.4. The van der Waals surface area contributed by atoms with Gasteiger partial charge in [0.2, 0.25) is 0 Å². The van der Waals surface area contributed by atoms with Crippen molar-refractivity contribution in [3.63, 3.8) is 0 Å².